The first-order valence-corrected chi connectivity index (χ1v) is 5.64. The predicted molar refractivity (Wildman–Crippen MR) is 63.9 cm³/mol. The van der Waals surface area contributed by atoms with Crippen LogP contribution in [0.3, 0.4) is 0 Å². The van der Waals surface area contributed by atoms with Crippen molar-refractivity contribution in [1.29, 1.82) is 0 Å². The zero-order chi connectivity index (χ0) is 13.7. The van der Waals surface area contributed by atoms with E-state index < -0.39 is 11.6 Å². The van der Waals surface area contributed by atoms with Crippen molar-refractivity contribution in [1.82, 2.24) is 4.90 Å². The smallest absolute Gasteiger partial charge is 0.309 e. The van der Waals surface area contributed by atoms with E-state index >= 15 is 0 Å². The molecule has 0 amide bonds. The fraction of sp³-hybridized carbons (Fsp3) is 0.462. The number of methoxy groups -OCH3 is 1. The van der Waals surface area contributed by atoms with E-state index in [0.29, 0.717) is 18.7 Å². The number of carbonyl (C=O) groups excluding carboxylic acids is 1. The molecule has 0 aliphatic rings. The Hall–Kier alpha value is -1.49. The van der Waals surface area contributed by atoms with Gasteiger partial charge in [0.15, 0.2) is 0 Å². The third-order valence-corrected chi connectivity index (χ3v) is 2.64. The summed E-state index contributed by atoms with van der Waals surface area (Å²) in [6.45, 7) is 2.50. The van der Waals surface area contributed by atoms with E-state index in [4.69, 9.17) is 0 Å². The summed E-state index contributed by atoms with van der Waals surface area (Å²) < 4.78 is 30.8. The molecule has 0 aliphatic heterocycles. The first-order valence-electron chi connectivity index (χ1n) is 5.64. The number of nitrogens with zero attached hydrogens (tertiary/aromatic N) is 1. The summed E-state index contributed by atoms with van der Waals surface area (Å²) in [6, 6.07) is 3.48. The molecule has 1 aromatic carbocycles. The van der Waals surface area contributed by atoms with Gasteiger partial charge in [0.25, 0.3) is 0 Å². The minimum Gasteiger partial charge on any atom is -0.469 e. The van der Waals surface area contributed by atoms with Crippen molar-refractivity contribution in [2.75, 3.05) is 20.7 Å². The summed E-state index contributed by atoms with van der Waals surface area (Å²) >= 11 is 0. The average molecular weight is 257 g/mol. The number of hydrogen-bond donors (Lipinski definition) is 0. The second kappa shape index (κ2) is 6.44. The van der Waals surface area contributed by atoms with Gasteiger partial charge in [0.2, 0.25) is 0 Å². The molecule has 0 saturated carbocycles. The Bertz CT molecular complexity index is 423. The van der Waals surface area contributed by atoms with E-state index in [-0.39, 0.29) is 11.9 Å². The van der Waals surface area contributed by atoms with Crippen molar-refractivity contribution in [3.05, 3.63) is 35.4 Å². The summed E-state index contributed by atoms with van der Waals surface area (Å²) in [4.78, 5) is 13.0. The van der Waals surface area contributed by atoms with Crippen LogP contribution in [0.1, 0.15) is 12.5 Å². The molecule has 3 nitrogen and oxygen atoms in total. The van der Waals surface area contributed by atoms with Crippen LogP contribution in [0.2, 0.25) is 0 Å². The third kappa shape index (κ3) is 4.07. The largest absolute Gasteiger partial charge is 0.469 e. The lowest BCUT2D eigenvalue weighted by molar-refractivity contribution is -0.145. The Morgan fingerprint density at radius 1 is 1.44 bits per heavy atom. The van der Waals surface area contributed by atoms with Gasteiger partial charge < -0.3 is 9.64 Å². The fourth-order valence-corrected chi connectivity index (χ4v) is 1.75. The third-order valence-electron chi connectivity index (χ3n) is 2.64. The zero-order valence-electron chi connectivity index (χ0n) is 10.7. The Kier molecular flexibility index (Phi) is 5.22. The summed E-state index contributed by atoms with van der Waals surface area (Å²) in [5.41, 5.74) is 0.399. The van der Waals surface area contributed by atoms with E-state index in [1.165, 1.54) is 19.2 Å². The molecule has 100 valence electrons. The molecule has 18 heavy (non-hydrogen) atoms. The molecule has 0 bridgehead atoms. The maximum absolute atomic E-state index is 13.4. The molecule has 1 aromatic rings. The Balaban J connectivity index is 2.59. The lowest BCUT2D eigenvalue weighted by Crippen LogP contribution is -2.29. The molecular weight excluding hydrogens is 240 g/mol. The van der Waals surface area contributed by atoms with E-state index in [1.807, 2.05) is 0 Å². The maximum Gasteiger partial charge on any atom is 0.309 e. The standard InChI is InChI=1S/C13H17F2NO2/c1-9(13(17)18-3)7-16(2)8-10-4-5-11(14)6-12(10)15/h4-6,9H,7-8H2,1-3H3. The van der Waals surface area contributed by atoms with E-state index in [1.54, 1.807) is 18.9 Å². The average Bonchev–Trinajstić information content (AvgIpc) is 2.31. The van der Waals surface area contributed by atoms with Gasteiger partial charge in [-0.1, -0.05) is 13.0 Å². The SMILES string of the molecule is COC(=O)C(C)CN(C)Cc1ccc(F)cc1F. The van der Waals surface area contributed by atoms with Gasteiger partial charge in [0.05, 0.1) is 13.0 Å². The Labute approximate surface area is 105 Å². The van der Waals surface area contributed by atoms with Crippen LogP contribution in [-0.4, -0.2) is 31.6 Å². The van der Waals surface area contributed by atoms with Crippen molar-refractivity contribution in [3.63, 3.8) is 0 Å². The van der Waals surface area contributed by atoms with Crippen LogP contribution in [0.15, 0.2) is 18.2 Å². The molecule has 1 rings (SSSR count). The molecule has 5 heteroatoms. The molecule has 1 atom stereocenters. The van der Waals surface area contributed by atoms with E-state index in [0.717, 1.165) is 6.07 Å². The molecule has 0 N–H and O–H groups in total. The molecule has 0 spiro atoms. The first kappa shape index (κ1) is 14.6. The van der Waals surface area contributed by atoms with Gasteiger partial charge in [-0.15, -0.1) is 0 Å². The molecule has 0 heterocycles. The number of halogens is 2. The van der Waals surface area contributed by atoms with Crippen LogP contribution < -0.4 is 0 Å². The lowest BCUT2D eigenvalue weighted by Gasteiger charge is -2.20. The molecule has 0 aromatic heterocycles. The lowest BCUT2D eigenvalue weighted by atomic mass is 10.1. The van der Waals surface area contributed by atoms with Crippen LogP contribution in [0.25, 0.3) is 0 Å². The predicted octanol–water partition coefficient (Wildman–Crippen LogP) is 2.21. The van der Waals surface area contributed by atoms with Gasteiger partial charge in [-0.3, -0.25) is 4.79 Å². The topological polar surface area (TPSA) is 29.5 Å². The molecule has 0 radical (unpaired) electrons. The van der Waals surface area contributed by atoms with E-state index in [9.17, 15) is 13.6 Å². The van der Waals surface area contributed by atoms with Crippen LogP contribution >= 0.6 is 0 Å². The quantitative estimate of drug-likeness (QED) is 0.757. The molecule has 0 fully saturated rings. The highest BCUT2D eigenvalue weighted by Crippen LogP contribution is 2.12. The number of esters is 1. The molecule has 0 saturated heterocycles. The Morgan fingerprint density at radius 2 is 2.11 bits per heavy atom. The minimum atomic E-state index is -0.596. The summed E-state index contributed by atoms with van der Waals surface area (Å²) in [6.07, 6.45) is 0. The monoisotopic (exact) mass is 257 g/mol. The molecule has 1 unspecified atom stereocenters. The van der Waals surface area contributed by atoms with Gasteiger partial charge in [-0.25, -0.2) is 8.78 Å². The van der Waals surface area contributed by atoms with Crippen molar-refractivity contribution in [2.24, 2.45) is 5.92 Å². The molecule has 0 aliphatic carbocycles. The first-order chi connectivity index (χ1) is 8.43. The van der Waals surface area contributed by atoms with Gasteiger partial charge >= 0.3 is 5.97 Å². The van der Waals surface area contributed by atoms with Crippen molar-refractivity contribution in [2.45, 2.75) is 13.5 Å². The van der Waals surface area contributed by atoms with Gasteiger partial charge in [0, 0.05) is 24.7 Å². The summed E-state index contributed by atoms with van der Waals surface area (Å²) in [5, 5.41) is 0. The molecular formula is C13H17F2NO2. The number of benzene rings is 1. The number of ether oxygens (including phenoxy) is 1. The van der Waals surface area contributed by atoms with Crippen LogP contribution in [-0.2, 0) is 16.1 Å². The Morgan fingerprint density at radius 3 is 2.67 bits per heavy atom. The van der Waals surface area contributed by atoms with Crippen molar-refractivity contribution < 1.29 is 18.3 Å². The number of rotatable bonds is 5. The second-order valence-electron chi connectivity index (χ2n) is 4.36. The van der Waals surface area contributed by atoms with Gasteiger partial charge in [-0.2, -0.15) is 0 Å². The van der Waals surface area contributed by atoms with Gasteiger partial charge in [-0.05, 0) is 13.1 Å². The maximum atomic E-state index is 13.4. The highest BCUT2D eigenvalue weighted by Gasteiger charge is 2.16. The normalized spacial score (nSPS) is 12.6. The number of hydrogen-bond acceptors (Lipinski definition) is 3. The van der Waals surface area contributed by atoms with Crippen molar-refractivity contribution >= 4 is 5.97 Å². The van der Waals surface area contributed by atoms with Crippen LogP contribution in [0, 0.1) is 17.6 Å². The van der Waals surface area contributed by atoms with Crippen LogP contribution in [0.5, 0.6) is 0 Å². The zero-order valence-corrected chi connectivity index (χ0v) is 10.7. The van der Waals surface area contributed by atoms with E-state index in [2.05, 4.69) is 4.74 Å². The highest BCUT2D eigenvalue weighted by atomic mass is 19.1. The summed E-state index contributed by atoms with van der Waals surface area (Å²) in [5.74, 6) is -1.76. The number of carbonyl (C=O) groups is 1. The highest BCUT2D eigenvalue weighted by molar-refractivity contribution is 5.72. The minimum absolute atomic E-state index is 0.288. The fourth-order valence-electron chi connectivity index (χ4n) is 1.75. The summed E-state index contributed by atoms with van der Waals surface area (Å²) in [7, 11) is 3.10. The second-order valence-corrected chi connectivity index (χ2v) is 4.36. The van der Waals surface area contributed by atoms with Crippen LogP contribution in [0.4, 0.5) is 8.78 Å². The van der Waals surface area contributed by atoms with Gasteiger partial charge in [0.1, 0.15) is 11.6 Å². The van der Waals surface area contributed by atoms with Crippen molar-refractivity contribution in [3.8, 4) is 0 Å².